The minimum atomic E-state index is -0.437. The number of nitrogens with zero attached hydrogens (tertiary/aromatic N) is 3. The van der Waals surface area contributed by atoms with Crippen molar-refractivity contribution in [1.29, 1.82) is 0 Å². The van der Waals surface area contributed by atoms with Gasteiger partial charge < -0.3 is 10.2 Å². The van der Waals surface area contributed by atoms with Crippen LogP contribution in [-0.2, 0) is 0 Å². The van der Waals surface area contributed by atoms with Gasteiger partial charge in [0.05, 0.1) is 4.92 Å². The Hall–Kier alpha value is -2.63. The maximum Gasteiger partial charge on any atom is 0.311 e. The van der Waals surface area contributed by atoms with Gasteiger partial charge in [0.1, 0.15) is 0 Å². The summed E-state index contributed by atoms with van der Waals surface area (Å²) in [7, 11) is 0. The van der Waals surface area contributed by atoms with Gasteiger partial charge in [-0.15, -0.1) is 0 Å². The van der Waals surface area contributed by atoms with Gasteiger partial charge in [-0.25, -0.2) is 4.98 Å². The van der Waals surface area contributed by atoms with E-state index in [-0.39, 0.29) is 11.5 Å². The van der Waals surface area contributed by atoms with Gasteiger partial charge in [-0.2, -0.15) is 0 Å². The van der Waals surface area contributed by atoms with Gasteiger partial charge in [-0.3, -0.25) is 10.1 Å². The largest absolute Gasteiger partial charge is 0.372 e. The monoisotopic (exact) mass is 284 g/mol. The van der Waals surface area contributed by atoms with E-state index in [0.29, 0.717) is 0 Å². The minimum Gasteiger partial charge on any atom is -0.372 e. The lowest BCUT2D eigenvalue weighted by Gasteiger charge is -2.17. The van der Waals surface area contributed by atoms with Crippen LogP contribution in [-0.4, -0.2) is 23.0 Å². The fourth-order valence-corrected chi connectivity index (χ4v) is 2.51. The van der Waals surface area contributed by atoms with Gasteiger partial charge in [0.25, 0.3) is 0 Å². The molecule has 21 heavy (non-hydrogen) atoms. The van der Waals surface area contributed by atoms with Crippen LogP contribution in [0.1, 0.15) is 12.8 Å². The highest BCUT2D eigenvalue weighted by molar-refractivity contribution is 5.66. The lowest BCUT2D eigenvalue weighted by molar-refractivity contribution is -0.384. The number of benzene rings is 1. The number of aromatic nitrogens is 1. The second-order valence-electron chi connectivity index (χ2n) is 4.99. The van der Waals surface area contributed by atoms with E-state index in [4.69, 9.17) is 0 Å². The van der Waals surface area contributed by atoms with Crippen LogP contribution in [0.25, 0.3) is 0 Å². The zero-order valence-electron chi connectivity index (χ0n) is 11.5. The first-order valence-electron chi connectivity index (χ1n) is 6.95. The highest BCUT2D eigenvalue weighted by atomic mass is 16.6. The molecule has 0 atom stereocenters. The van der Waals surface area contributed by atoms with Gasteiger partial charge in [-0.05, 0) is 43.2 Å². The normalized spacial score (nSPS) is 14.2. The number of nitro groups is 1. The quantitative estimate of drug-likeness (QED) is 0.688. The molecule has 6 heteroatoms. The zero-order chi connectivity index (χ0) is 14.7. The lowest BCUT2D eigenvalue weighted by Crippen LogP contribution is -2.17. The molecule has 1 aliphatic heterocycles. The van der Waals surface area contributed by atoms with Gasteiger partial charge in [0.15, 0.2) is 0 Å². The van der Waals surface area contributed by atoms with Crippen LogP contribution >= 0.6 is 0 Å². The Kier molecular flexibility index (Phi) is 3.68. The molecule has 0 spiro atoms. The lowest BCUT2D eigenvalue weighted by atomic mass is 10.2. The third-order valence-electron chi connectivity index (χ3n) is 3.58. The van der Waals surface area contributed by atoms with Crippen molar-refractivity contribution in [2.24, 2.45) is 0 Å². The smallest absolute Gasteiger partial charge is 0.311 e. The molecule has 0 unspecified atom stereocenters. The Balaban J connectivity index is 1.77. The van der Waals surface area contributed by atoms with Gasteiger partial charge in [0.2, 0.25) is 5.82 Å². The van der Waals surface area contributed by atoms with Crippen molar-refractivity contribution < 1.29 is 4.92 Å². The van der Waals surface area contributed by atoms with Crippen LogP contribution in [0.5, 0.6) is 0 Å². The predicted molar refractivity (Wildman–Crippen MR) is 82.1 cm³/mol. The minimum absolute atomic E-state index is 0.0267. The van der Waals surface area contributed by atoms with Crippen molar-refractivity contribution in [1.82, 2.24) is 4.98 Å². The van der Waals surface area contributed by atoms with Gasteiger partial charge in [0, 0.05) is 36.7 Å². The predicted octanol–water partition coefficient (Wildman–Crippen LogP) is 3.33. The van der Waals surface area contributed by atoms with E-state index < -0.39 is 4.92 Å². The first kappa shape index (κ1) is 13.4. The maximum absolute atomic E-state index is 11.0. The molecule has 1 aromatic carbocycles. The van der Waals surface area contributed by atoms with Crippen molar-refractivity contribution in [2.45, 2.75) is 12.8 Å². The molecule has 1 N–H and O–H groups in total. The third kappa shape index (κ3) is 2.94. The summed E-state index contributed by atoms with van der Waals surface area (Å²) >= 11 is 0. The molecular weight excluding hydrogens is 268 g/mol. The molecule has 0 bridgehead atoms. The van der Waals surface area contributed by atoms with E-state index in [1.807, 2.05) is 24.3 Å². The van der Waals surface area contributed by atoms with E-state index in [1.165, 1.54) is 30.8 Å². The van der Waals surface area contributed by atoms with E-state index in [9.17, 15) is 10.1 Å². The highest BCUT2D eigenvalue weighted by Crippen LogP contribution is 2.27. The van der Waals surface area contributed by atoms with Crippen LogP contribution in [0.2, 0.25) is 0 Å². The molecule has 108 valence electrons. The summed E-state index contributed by atoms with van der Waals surface area (Å²) in [6, 6.07) is 10.9. The standard InChI is InChI=1S/C15H16N4O2/c20-19(21)14-4-3-9-16-15(14)17-12-5-7-13(8-6-12)18-10-1-2-11-18/h3-9H,1-2,10-11H2,(H,16,17). The van der Waals surface area contributed by atoms with Crippen LogP contribution in [0.3, 0.4) is 0 Å². The number of pyridine rings is 1. The molecule has 1 aromatic heterocycles. The van der Waals surface area contributed by atoms with Crippen molar-refractivity contribution in [3.8, 4) is 0 Å². The summed E-state index contributed by atoms with van der Waals surface area (Å²) in [6.45, 7) is 2.19. The molecule has 0 amide bonds. The molecule has 0 saturated carbocycles. The Labute approximate surface area is 122 Å². The molecule has 1 aliphatic rings. The summed E-state index contributed by atoms with van der Waals surface area (Å²) in [4.78, 5) is 16.9. The first-order valence-corrected chi connectivity index (χ1v) is 6.95. The van der Waals surface area contributed by atoms with E-state index in [0.717, 1.165) is 18.8 Å². The number of anilines is 3. The number of rotatable bonds is 4. The molecule has 0 radical (unpaired) electrons. The van der Waals surface area contributed by atoms with Crippen molar-refractivity contribution >= 4 is 22.9 Å². The Morgan fingerprint density at radius 2 is 1.86 bits per heavy atom. The van der Waals surface area contributed by atoms with Gasteiger partial charge >= 0.3 is 5.69 Å². The summed E-state index contributed by atoms with van der Waals surface area (Å²) in [6.07, 6.45) is 4.01. The topological polar surface area (TPSA) is 71.3 Å². The van der Waals surface area contributed by atoms with Crippen molar-refractivity contribution in [3.63, 3.8) is 0 Å². The molecule has 2 heterocycles. The summed E-state index contributed by atoms with van der Waals surface area (Å²) < 4.78 is 0. The van der Waals surface area contributed by atoms with Crippen LogP contribution in [0.15, 0.2) is 42.6 Å². The van der Waals surface area contributed by atoms with Gasteiger partial charge in [-0.1, -0.05) is 0 Å². The fourth-order valence-electron chi connectivity index (χ4n) is 2.51. The average Bonchev–Trinajstić information content (AvgIpc) is 3.03. The summed E-state index contributed by atoms with van der Waals surface area (Å²) in [5, 5.41) is 14.0. The Bertz CT molecular complexity index is 636. The molecule has 3 rings (SSSR count). The van der Waals surface area contributed by atoms with E-state index in [2.05, 4.69) is 15.2 Å². The Morgan fingerprint density at radius 1 is 1.14 bits per heavy atom. The maximum atomic E-state index is 11.0. The van der Waals surface area contributed by atoms with E-state index >= 15 is 0 Å². The highest BCUT2D eigenvalue weighted by Gasteiger charge is 2.15. The number of hydrogen-bond donors (Lipinski definition) is 1. The SMILES string of the molecule is O=[N+]([O-])c1cccnc1Nc1ccc(N2CCCC2)cc1. The Morgan fingerprint density at radius 3 is 2.52 bits per heavy atom. The molecular formula is C15H16N4O2. The fraction of sp³-hybridized carbons (Fsp3) is 0.267. The number of nitrogens with one attached hydrogen (secondary N) is 1. The molecule has 6 nitrogen and oxygen atoms in total. The molecule has 2 aromatic rings. The molecule has 0 aliphatic carbocycles. The third-order valence-corrected chi connectivity index (χ3v) is 3.58. The number of hydrogen-bond acceptors (Lipinski definition) is 5. The molecule has 1 fully saturated rings. The zero-order valence-corrected chi connectivity index (χ0v) is 11.5. The van der Waals surface area contributed by atoms with Crippen LogP contribution in [0, 0.1) is 10.1 Å². The average molecular weight is 284 g/mol. The van der Waals surface area contributed by atoms with Crippen molar-refractivity contribution in [3.05, 3.63) is 52.7 Å². The van der Waals surface area contributed by atoms with Crippen molar-refractivity contribution in [2.75, 3.05) is 23.3 Å². The van der Waals surface area contributed by atoms with Crippen LogP contribution < -0.4 is 10.2 Å². The first-order chi connectivity index (χ1) is 10.2. The van der Waals surface area contributed by atoms with Crippen LogP contribution in [0.4, 0.5) is 22.9 Å². The molecule has 1 saturated heterocycles. The van der Waals surface area contributed by atoms with E-state index in [1.54, 1.807) is 6.07 Å². The second-order valence-corrected chi connectivity index (χ2v) is 4.99. The summed E-state index contributed by atoms with van der Waals surface area (Å²) in [5.74, 6) is 0.261. The second kappa shape index (κ2) is 5.78. The summed E-state index contributed by atoms with van der Waals surface area (Å²) in [5.41, 5.74) is 1.95.